The summed E-state index contributed by atoms with van der Waals surface area (Å²) in [6.45, 7) is 1.87. The van der Waals surface area contributed by atoms with Gasteiger partial charge in [-0.2, -0.15) is 5.26 Å². The predicted molar refractivity (Wildman–Crippen MR) is 89.1 cm³/mol. The quantitative estimate of drug-likeness (QED) is 0.799. The van der Waals surface area contributed by atoms with Crippen LogP contribution in [0.1, 0.15) is 34.3 Å². The maximum atomic E-state index is 12.9. The first kappa shape index (κ1) is 13.7. The highest BCUT2D eigenvalue weighted by molar-refractivity contribution is 6.23. The van der Waals surface area contributed by atoms with Gasteiger partial charge in [-0.3, -0.25) is 9.79 Å². The molecule has 2 aliphatic rings. The number of carbonyl (C=O) groups excluding carboxylic acids is 1. The van der Waals surface area contributed by atoms with Crippen LogP contribution in [0.5, 0.6) is 0 Å². The molecule has 0 fully saturated rings. The molecule has 0 saturated carbocycles. The molecule has 0 saturated heterocycles. The lowest BCUT2D eigenvalue weighted by atomic mass is 9.76. The smallest absolute Gasteiger partial charge is 0.192 e. The van der Waals surface area contributed by atoms with Crippen LogP contribution < -0.4 is 0 Å². The molecule has 1 aliphatic heterocycles. The number of hydrogen-bond donors (Lipinski definition) is 0. The molecule has 0 spiro atoms. The zero-order valence-corrected chi connectivity index (χ0v) is 12.7. The van der Waals surface area contributed by atoms with Crippen molar-refractivity contribution in [3.63, 3.8) is 0 Å². The van der Waals surface area contributed by atoms with Gasteiger partial charge in [0, 0.05) is 28.3 Å². The van der Waals surface area contributed by atoms with Crippen molar-refractivity contribution in [1.29, 1.82) is 5.26 Å². The number of Topliss-reactive ketones (excluding diaryl/α,β-unsaturated/α-hetero) is 1. The van der Waals surface area contributed by atoms with Gasteiger partial charge in [0.2, 0.25) is 0 Å². The second-order valence-corrected chi connectivity index (χ2v) is 5.89. The van der Waals surface area contributed by atoms with Crippen LogP contribution in [0.4, 0.5) is 0 Å². The topological polar surface area (TPSA) is 53.2 Å². The van der Waals surface area contributed by atoms with E-state index in [0.717, 1.165) is 22.5 Å². The molecule has 1 aliphatic carbocycles. The molecule has 2 atom stereocenters. The van der Waals surface area contributed by atoms with E-state index < -0.39 is 5.92 Å². The lowest BCUT2D eigenvalue weighted by Crippen LogP contribution is -2.26. The van der Waals surface area contributed by atoms with Gasteiger partial charge in [-0.25, -0.2) is 0 Å². The lowest BCUT2D eigenvalue weighted by molar-refractivity contribution is 0.103. The van der Waals surface area contributed by atoms with Gasteiger partial charge in [0.1, 0.15) is 0 Å². The molecule has 0 radical (unpaired) electrons. The number of allylic oxidation sites excluding steroid dienone is 1. The summed E-state index contributed by atoms with van der Waals surface area (Å²) in [4.78, 5) is 17.6. The third-order valence-corrected chi connectivity index (χ3v) is 4.61. The molecule has 0 amide bonds. The molecule has 0 bridgehead atoms. The highest BCUT2D eigenvalue weighted by atomic mass is 16.1. The molecule has 23 heavy (non-hydrogen) atoms. The Morgan fingerprint density at radius 2 is 1.65 bits per heavy atom. The minimum atomic E-state index is -0.408. The molecule has 2 aromatic rings. The van der Waals surface area contributed by atoms with E-state index >= 15 is 0 Å². The third kappa shape index (κ3) is 1.89. The van der Waals surface area contributed by atoms with Crippen LogP contribution in [-0.4, -0.2) is 11.5 Å². The minimum absolute atomic E-state index is 0.000882. The van der Waals surface area contributed by atoms with E-state index in [1.165, 1.54) is 0 Å². The van der Waals surface area contributed by atoms with Crippen LogP contribution in [0.2, 0.25) is 0 Å². The van der Waals surface area contributed by atoms with E-state index in [-0.39, 0.29) is 11.7 Å². The Balaban J connectivity index is 1.98. The number of carbonyl (C=O) groups is 1. The zero-order valence-electron chi connectivity index (χ0n) is 12.7. The Labute approximate surface area is 134 Å². The van der Waals surface area contributed by atoms with E-state index in [1.54, 1.807) is 0 Å². The summed E-state index contributed by atoms with van der Waals surface area (Å²) >= 11 is 0. The summed E-state index contributed by atoms with van der Waals surface area (Å²) in [5.41, 5.74) is 4.72. The molecule has 0 aromatic heterocycles. The Hall–Kier alpha value is -2.99. The summed E-state index contributed by atoms with van der Waals surface area (Å²) < 4.78 is 0. The summed E-state index contributed by atoms with van der Waals surface area (Å²) in [5.74, 6) is -0.663. The van der Waals surface area contributed by atoms with Crippen LogP contribution in [0, 0.1) is 17.2 Å². The largest absolute Gasteiger partial charge is 0.289 e. The number of nitrogens with zero attached hydrogens (tertiary/aromatic N) is 2. The average Bonchev–Trinajstić information content (AvgIpc) is 2.87. The van der Waals surface area contributed by atoms with Crippen LogP contribution in [0.25, 0.3) is 5.70 Å². The fraction of sp³-hybridized carbons (Fsp3) is 0.150. The van der Waals surface area contributed by atoms with Gasteiger partial charge >= 0.3 is 0 Å². The van der Waals surface area contributed by atoms with Gasteiger partial charge < -0.3 is 0 Å². The van der Waals surface area contributed by atoms with Gasteiger partial charge in [0.05, 0.1) is 17.7 Å². The van der Waals surface area contributed by atoms with Crippen molar-refractivity contribution in [2.45, 2.75) is 12.8 Å². The van der Waals surface area contributed by atoms with Gasteiger partial charge in [0.25, 0.3) is 0 Å². The Bertz CT molecular complexity index is 916. The molecule has 1 heterocycles. The maximum absolute atomic E-state index is 12.9. The highest BCUT2D eigenvalue weighted by Crippen LogP contribution is 2.47. The predicted octanol–water partition coefficient (Wildman–Crippen LogP) is 3.99. The number of rotatable bonds is 1. The van der Waals surface area contributed by atoms with Crippen molar-refractivity contribution in [3.8, 4) is 6.07 Å². The monoisotopic (exact) mass is 298 g/mol. The summed E-state index contributed by atoms with van der Waals surface area (Å²) in [6.07, 6.45) is 0. The van der Waals surface area contributed by atoms with Gasteiger partial charge in [-0.05, 0) is 12.5 Å². The zero-order chi connectivity index (χ0) is 16.0. The molecule has 0 N–H and O–H groups in total. The van der Waals surface area contributed by atoms with Crippen molar-refractivity contribution in [1.82, 2.24) is 0 Å². The highest BCUT2D eigenvalue weighted by Gasteiger charge is 2.42. The van der Waals surface area contributed by atoms with Crippen molar-refractivity contribution in [3.05, 3.63) is 76.9 Å². The molecule has 110 valence electrons. The van der Waals surface area contributed by atoms with Crippen LogP contribution in [-0.2, 0) is 0 Å². The van der Waals surface area contributed by atoms with E-state index in [4.69, 9.17) is 0 Å². The Kier molecular flexibility index (Phi) is 2.99. The Morgan fingerprint density at radius 1 is 1.00 bits per heavy atom. The van der Waals surface area contributed by atoms with Gasteiger partial charge in [-0.15, -0.1) is 0 Å². The van der Waals surface area contributed by atoms with Gasteiger partial charge in [0.15, 0.2) is 5.78 Å². The summed E-state index contributed by atoms with van der Waals surface area (Å²) in [5, 5.41) is 9.65. The standard InChI is InChI=1S/C20H14N2O/c1-12-16(11-21)17(13-7-3-2-4-8-13)18-19(22-12)14-9-5-6-10-15(14)20(18)23/h2-10,16-17H,1H3/t16?,17-/m1/s1. The number of aliphatic imine (C=N–C) groups is 1. The molecule has 2 aromatic carbocycles. The summed E-state index contributed by atoms with van der Waals surface area (Å²) in [7, 11) is 0. The second-order valence-electron chi connectivity index (χ2n) is 5.89. The molecular weight excluding hydrogens is 284 g/mol. The summed E-state index contributed by atoms with van der Waals surface area (Å²) in [6, 6.07) is 19.7. The lowest BCUT2D eigenvalue weighted by Gasteiger charge is -2.27. The van der Waals surface area contributed by atoms with E-state index in [1.807, 2.05) is 61.5 Å². The SMILES string of the molecule is CC1=NC2=C(C(=O)c3ccccc32)[C@H](c2ccccc2)C1C#N. The second kappa shape index (κ2) is 5.03. The fourth-order valence-corrected chi connectivity index (χ4v) is 3.54. The average molecular weight is 298 g/mol. The van der Waals surface area contributed by atoms with Crippen LogP contribution >= 0.6 is 0 Å². The number of nitriles is 1. The number of benzene rings is 2. The number of hydrogen-bond acceptors (Lipinski definition) is 3. The van der Waals surface area contributed by atoms with Crippen molar-refractivity contribution >= 4 is 17.2 Å². The Morgan fingerprint density at radius 3 is 2.35 bits per heavy atom. The first-order valence-electron chi connectivity index (χ1n) is 7.60. The van der Waals surface area contributed by atoms with Crippen molar-refractivity contribution in [2.75, 3.05) is 0 Å². The van der Waals surface area contributed by atoms with Crippen molar-refractivity contribution < 1.29 is 4.79 Å². The number of fused-ring (bicyclic) bond motifs is 2. The molecular formula is C20H14N2O. The molecule has 3 heteroatoms. The first-order chi connectivity index (χ1) is 11.2. The minimum Gasteiger partial charge on any atom is -0.289 e. The normalized spacial score (nSPS) is 22.3. The molecule has 4 rings (SSSR count). The maximum Gasteiger partial charge on any atom is 0.192 e. The fourth-order valence-electron chi connectivity index (χ4n) is 3.54. The molecule has 3 nitrogen and oxygen atoms in total. The number of ketones is 1. The van der Waals surface area contributed by atoms with E-state index in [2.05, 4.69) is 11.1 Å². The van der Waals surface area contributed by atoms with Crippen molar-refractivity contribution in [2.24, 2.45) is 10.9 Å². The van der Waals surface area contributed by atoms with Gasteiger partial charge in [-0.1, -0.05) is 54.6 Å². The van der Waals surface area contributed by atoms with Crippen LogP contribution in [0.3, 0.4) is 0 Å². The van der Waals surface area contributed by atoms with E-state index in [0.29, 0.717) is 11.1 Å². The first-order valence-corrected chi connectivity index (χ1v) is 7.60. The molecule has 1 unspecified atom stereocenters. The van der Waals surface area contributed by atoms with Crippen LogP contribution in [0.15, 0.2) is 65.2 Å². The van der Waals surface area contributed by atoms with E-state index in [9.17, 15) is 10.1 Å². The third-order valence-electron chi connectivity index (χ3n) is 4.61.